The van der Waals surface area contributed by atoms with Crippen LogP contribution in [0.1, 0.15) is 23.2 Å². The third-order valence-corrected chi connectivity index (χ3v) is 7.49. The van der Waals surface area contributed by atoms with E-state index in [9.17, 15) is 22.0 Å². The molecule has 3 aromatic rings. The summed E-state index contributed by atoms with van der Waals surface area (Å²) in [6.07, 6.45) is 4.78. The van der Waals surface area contributed by atoms with E-state index in [2.05, 4.69) is 15.0 Å². The highest BCUT2D eigenvalue weighted by Gasteiger charge is 2.72. The number of carbonyl (C=O) groups excluding carboxylic acids is 1. The first-order valence-corrected chi connectivity index (χ1v) is 13.5. The molecule has 1 saturated carbocycles. The molecule has 0 bridgehead atoms. The number of nitrogens with zero attached hydrogens (tertiary/aromatic N) is 3. The second-order valence-corrected chi connectivity index (χ2v) is 11.7. The Morgan fingerprint density at radius 2 is 1.89 bits per heavy atom. The quantitative estimate of drug-likeness (QED) is 0.481. The summed E-state index contributed by atoms with van der Waals surface area (Å²) >= 11 is 6.07. The number of amides is 1. The van der Waals surface area contributed by atoms with Gasteiger partial charge in [0.1, 0.15) is 0 Å². The largest absolute Gasteiger partial charge is 0.369 e. The molecule has 1 amide bonds. The second kappa shape index (κ2) is 8.45. The van der Waals surface area contributed by atoms with Crippen molar-refractivity contribution in [3.63, 3.8) is 0 Å². The fraction of sp³-hybridized carbons (Fsp3) is 0.333. The third kappa shape index (κ3) is 4.77. The first-order valence-electron chi connectivity index (χ1n) is 11.2. The molecule has 1 aliphatic heterocycles. The van der Waals surface area contributed by atoms with Crippen molar-refractivity contribution < 1.29 is 22.0 Å². The van der Waals surface area contributed by atoms with Crippen LogP contribution in [0.15, 0.2) is 48.8 Å². The van der Waals surface area contributed by atoms with Gasteiger partial charge in [-0.2, -0.15) is 0 Å². The van der Waals surface area contributed by atoms with Gasteiger partial charge in [0.2, 0.25) is 10.0 Å². The number of benzene rings is 1. The minimum absolute atomic E-state index is 0.0408. The Bertz CT molecular complexity index is 1460. The van der Waals surface area contributed by atoms with Crippen LogP contribution >= 0.6 is 11.6 Å². The lowest BCUT2D eigenvalue weighted by Crippen LogP contribution is -2.22. The van der Waals surface area contributed by atoms with Crippen LogP contribution in [0.3, 0.4) is 0 Å². The molecule has 1 aromatic carbocycles. The first kappa shape index (κ1) is 24.5. The lowest BCUT2D eigenvalue weighted by atomic mass is 10.1. The molecule has 2 fully saturated rings. The Morgan fingerprint density at radius 1 is 1.17 bits per heavy atom. The average Bonchev–Trinajstić information content (AvgIpc) is 3.11. The van der Waals surface area contributed by atoms with E-state index in [-0.39, 0.29) is 17.1 Å². The zero-order valence-corrected chi connectivity index (χ0v) is 21.1. The van der Waals surface area contributed by atoms with Gasteiger partial charge in [0.25, 0.3) is 11.8 Å². The lowest BCUT2D eigenvalue weighted by Gasteiger charge is -2.18. The number of alkyl halides is 2. The van der Waals surface area contributed by atoms with Gasteiger partial charge in [-0.1, -0.05) is 11.6 Å². The van der Waals surface area contributed by atoms with Crippen molar-refractivity contribution in [2.45, 2.75) is 18.8 Å². The fourth-order valence-electron chi connectivity index (χ4n) is 4.72. The second-order valence-electron chi connectivity index (χ2n) is 9.52. The van der Waals surface area contributed by atoms with Crippen LogP contribution in [0.2, 0.25) is 5.02 Å². The summed E-state index contributed by atoms with van der Waals surface area (Å²) in [5.74, 6) is -2.97. The van der Waals surface area contributed by atoms with Crippen molar-refractivity contribution in [2.75, 3.05) is 34.3 Å². The van der Waals surface area contributed by atoms with Crippen molar-refractivity contribution in [3.8, 4) is 11.4 Å². The van der Waals surface area contributed by atoms with Crippen molar-refractivity contribution >= 4 is 44.6 Å². The minimum Gasteiger partial charge on any atom is -0.369 e. The maximum Gasteiger partial charge on any atom is 0.257 e. The molecule has 36 heavy (non-hydrogen) atoms. The summed E-state index contributed by atoms with van der Waals surface area (Å²) in [5.41, 5.74) is 2.18. The van der Waals surface area contributed by atoms with Crippen molar-refractivity contribution in [2.24, 2.45) is 12.5 Å². The summed E-state index contributed by atoms with van der Waals surface area (Å²) in [7, 11) is -1.72. The van der Waals surface area contributed by atoms with Gasteiger partial charge in [0.05, 0.1) is 46.2 Å². The van der Waals surface area contributed by atoms with Crippen molar-refractivity contribution in [3.05, 3.63) is 59.4 Å². The van der Waals surface area contributed by atoms with E-state index < -0.39 is 27.3 Å². The molecule has 1 saturated heterocycles. The maximum absolute atomic E-state index is 13.7. The Hall–Kier alpha value is -3.18. The van der Waals surface area contributed by atoms with Crippen LogP contribution in [-0.4, -0.2) is 49.1 Å². The van der Waals surface area contributed by atoms with E-state index in [1.54, 1.807) is 30.1 Å². The maximum atomic E-state index is 13.7. The summed E-state index contributed by atoms with van der Waals surface area (Å²) in [4.78, 5) is 19.3. The number of anilines is 3. The zero-order valence-electron chi connectivity index (χ0n) is 19.6. The molecule has 1 atom stereocenters. The number of aryl methyl sites for hydroxylation is 1. The molecular weight excluding hydrogens is 512 g/mol. The Morgan fingerprint density at radius 3 is 2.50 bits per heavy atom. The first-order chi connectivity index (χ1) is 16.8. The number of hydrogen-bond acceptors (Lipinski definition) is 5. The normalized spacial score (nSPS) is 20.5. The van der Waals surface area contributed by atoms with E-state index in [0.29, 0.717) is 42.1 Å². The predicted octanol–water partition coefficient (Wildman–Crippen LogP) is 4.60. The van der Waals surface area contributed by atoms with E-state index in [0.717, 1.165) is 11.9 Å². The van der Waals surface area contributed by atoms with Crippen molar-refractivity contribution in [1.82, 2.24) is 9.55 Å². The number of sulfonamides is 1. The number of hydrogen-bond donors (Lipinski definition) is 2. The van der Waals surface area contributed by atoms with Crippen LogP contribution in [0, 0.1) is 5.41 Å². The van der Waals surface area contributed by atoms with Crippen LogP contribution in [0.5, 0.6) is 0 Å². The van der Waals surface area contributed by atoms with Gasteiger partial charge in [-0.15, -0.1) is 0 Å². The highest BCUT2D eigenvalue weighted by atomic mass is 35.5. The predicted molar refractivity (Wildman–Crippen MR) is 135 cm³/mol. The molecule has 1 spiro atoms. The summed E-state index contributed by atoms with van der Waals surface area (Å²) in [5, 5.41) is 2.98. The van der Waals surface area contributed by atoms with Crippen molar-refractivity contribution in [1.29, 1.82) is 0 Å². The van der Waals surface area contributed by atoms with Gasteiger partial charge in [-0.05, 0) is 42.8 Å². The number of pyridine rings is 1. The number of aromatic nitrogens is 2. The average molecular weight is 536 g/mol. The highest BCUT2D eigenvalue weighted by molar-refractivity contribution is 7.92. The van der Waals surface area contributed by atoms with Gasteiger partial charge in [-0.3, -0.25) is 14.5 Å². The topological polar surface area (TPSA) is 96.3 Å². The fourth-order valence-corrected chi connectivity index (χ4v) is 5.50. The molecule has 8 nitrogen and oxygen atoms in total. The Kier molecular flexibility index (Phi) is 5.75. The number of carbonyl (C=O) groups is 1. The van der Waals surface area contributed by atoms with E-state index in [1.807, 2.05) is 17.0 Å². The molecule has 1 unspecified atom stereocenters. The van der Waals surface area contributed by atoms with Gasteiger partial charge < -0.3 is 14.8 Å². The van der Waals surface area contributed by atoms with Crippen LogP contribution in [0.4, 0.5) is 25.8 Å². The Balaban J connectivity index is 1.30. The molecule has 190 valence electrons. The van der Waals surface area contributed by atoms with E-state index in [1.165, 1.54) is 18.2 Å². The molecule has 5 rings (SSSR count). The smallest absolute Gasteiger partial charge is 0.257 e. The standard InChI is InChI=1S/C24H24ClF2N5O3S/c1-31-12-15(22(33)29-17-8-16(25)9-18(10-17)30-36(2,34)35)7-21(31)20-4-3-19(11-28-20)32-6-5-23(14-32)13-24(23,26)27/h3-4,7-12,30H,5-6,13-14H2,1-2H3,(H,29,33). The van der Waals surface area contributed by atoms with Gasteiger partial charge in [0.15, 0.2) is 0 Å². The Labute approximate surface area is 212 Å². The SMILES string of the molecule is Cn1cc(C(=O)Nc2cc(Cl)cc(NS(C)(=O)=O)c2)cc1-c1ccc(N2CCC3(C2)CC3(F)F)cn1. The third-order valence-electron chi connectivity index (χ3n) is 6.67. The lowest BCUT2D eigenvalue weighted by molar-refractivity contribution is 0.0711. The van der Waals surface area contributed by atoms with Gasteiger partial charge >= 0.3 is 0 Å². The highest BCUT2D eigenvalue weighted by Crippen LogP contribution is 2.65. The van der Waals surface area contributed by atoms with Gasteiger partial charge in [0, 0.05) is 43.5 Å². The molecule has 2 N–H and O–H groups in total. The summed E-state index contributed by atoms with van der Waals surface area (Å²) < 4.78 is 54.5. The summed E-state index contributed by atoms with van der Waals surface area (Å²) in [6, 6.07) is 9.77. The monoisotopic (exact) mass is 535 g/mol. The zero-order chi connectivity index (χ0) is 25.9. The number of halogens is 3. The molecule has 3 heterocycles. The molecular formula is C24H24ClF2N5O3S. The molecule has 0 radical (unpaired) electrons. The minimum atomic E-state index is -3.51. The van der Waals surface area contributed by atoms with Crippen LogP contribution < -0.4 is 14.9 Å². The van der Waals surface area contributed by atoms with Crippen LogP contribution in [-0.2, 0) is 17.1 Å². The van der Waals surface area contributed by atoms with E-state index in [4.69, 9.17) is 11.6 Å². The molecule has 12 heteroatoms. The van der Waals surface area contributed by atoms with Gasteiger partial charge in [-0.25, -0.2) is 17.2 Å². The summed E-state index contributed by atoms with van der Waals surface area (Å²) in [6.45, 7) is 0.913. The van der Waals surface area contributed by atoms with E-state index >= 15 is 0 Å². The molecule has 1 aliphatic carbocycles. The van der Waals surface area contributed by atoms with Crippen LogP contribution in [0.25, 0.3) is 11.4 Å². The molecule has 2 aromatic heterocycles. The number of rotatable bonds is 6. The molecule has 2 aliphatic rings. The number of nitrogens with one attached hydrogen (secondary N) is 2.